The Kier molecular flexibility index (Phi) is 2.55. The Bertz CT molecular complexity index is 495. The fraction of sp³-hybridized carbons (Fsp3) is 0.182. The van der Waals surface area contributed by atoms with Crippen LogP contribution in [0.25, 0.3) is 0 Å². The van der Waals surface area contributed by atoms with Gasteiger partial charge in [0.05, 0.1) is 11.3 Å². The highest BCUT2D eigenvalue weighted by atomic mass is 16.4. The number of likely N-dealkylation sites (N-methyl/N-ethyl adjacent to an activating group) is 1. The Morgan fingerprint density at radius 2 is 1.82 bits per heavy atom. The minimum Gasteiger partial charge on any atom is -0.478 e. The number of imide groups is 1. The summed E-state index contributed by atoms with van der Waals surface area (Å²) in [5.74, 6) is -1.37. The molecule has 1 aromatic carbocycles. The molecule has 0 radical (unpaired) electrons. The van der Waals surface area contributed by atoms with E-state index in [0.29, 0.717) is 5.69 Å². The molecule has 2 rings (SSSR count). The van der Waals surface area contributed by atoms with Crippen molar-refractivity contribution in [1.29, 1.82) is 0 Å². The maximum absolute atomic E-state index is 11.6. The highest BCUT2D eigenvalue weighted by Gasteiger charge is 2.34. The molecular weight excluding hydrogens is 224 g/mol. The zero-order valence-electron chi connectivity index (χ0n) is 9.08. The molecule has 88 valence electrons. The van der Waals surface area contributed by atoms with Gasteiger partial charge in [0.1, 0.15) is 6.54 Å². The highest BCUT2D eigenvalue weighted by molar-refractivity contribution is 6.19. The summed E-state index contributed by atoms with van der Waals surface area (Å²) in [7, 11) is 1.53. The van der Waals surface area contributed by atoms with Gasteiger partial charge >= 0.3 is 12.0 Å². The Labute approximate surface area is 97.0 Å². The first-order valence-corrected chi connectivity index (χ1v) is 4.92. The van der Waals surface area contributed by atoms with E-state index >= 15 is 0 Å². The van der Waals surface area contributed by atoms with Gasteiger partial charge in [-0.1, -0.05) is 0 Å². The topological polar surface area (TPSA) is 77.9 Å². The summed E-state index contributed by atoms with van der Waals surface area (Å²) in [5, 5.41) is 8.73. The number of hydrogen-bond acceptors (Lipinski definition) is 3. The molecule has 1 aromatic rings. The van der Waals surface area contributed by atoms with Gasteiger partial charge in [-0.15, -0.1) is 0 Å². The van der Waals surface area contributed by atoms with Crippen LogP contribution in [0.5, 0.6) is 0 Å². The van der Waals surface area contributed by atoms with Crippen molar-refractivity contribution >= 4 is 23.6 Å². The van der Waals surface area contributed by atoms with E-state index in [4.69, 9.17) is 5.11 Å². The minimum absolute atomic E-state index is 0.0412. The summed E-state index contributed by atoms with van der Waals surface area (Å²) in [5.41, 5.74) is 0.496. The number of aromatic carboxylic acids is 1. The lowest BCUT2D eigenvalue weighted by Gasteiger charge is -2.13. The monoisotopic (exact) mass is 234 g/mol. The number of carbonyl (C=O) groups excluding carboxylic acids is 2. The van der Waals surface area contributed by atoms with Gasteiger partial charge in [0.2, 0.25) is 0 Å². The van der Waals surface area contributed by atoms with Crippen molar-refractivity contribution in [2.75, 3.05) is 18.5 Å². The van der Waals surface area contributed by atoms with Gasteiger partial charge in [-0.2, -0.15) is 0 Å². The van der Waals surface area contributed by atoms with Crippen LogP contribution in [0.15, 0.2) is 24.3 Å². The van der Waals surface area contributed by atoms with E-state index in [0.717, 1.165) is 4.90 Å². The molecule has 1 fully saturated rings. The van der Waals surface area contributed by atoms with E-state index in [1.54, 1.807) is 0 Å². The lowest BCUT2D eigenvalue weighted by atomic mass is 10.2. The van der Waals surface area contributed by atoms with E-state index in [1.807, 2.05) is 0 Å². The number of rotatable bonds is 2. The zero-order chi connectivity index (χ0) is 12.6. The molecule has 0 unspecified atom stereocenters. The predicted octanol–water partition coefficient (Wildman–Crippen LogP) is 0.783. The molecule has 0 atom stereocenters. The lowest BCUT2D eigenvalue weighted by Crippen LogP contribution is -2.31. The lowest BCUT2D eigenvalue weighted by molar-refractivity contribution is -0.116. The smallest absolute Gasteiger partial charge is 0.335 e. The largest absolute Gasteiger partial charge is 0.478 e. The van der Waals surface area contributed by atoms with Gasteiger partial charge < -0.3 is 10.0 Å². The van der Waals surface area contributed by atoms with E-state index in [2.05, 4.69) is 0 Å². The second-order valence-electron chi connectivity index (χ2n) is 3.72. The molecule has 1 heterocycles. The van der Waals surface area contributed by atoms with Crippen LogP contribution in [-0.4, -0.2) is 41.5 Å². The normalized spacial score (nSPS) is 15.6. The molecule has 6 nitrogen and oxygen atoms in total. The molecule has 0 aromatic heterocycles. The molecule has 1 N–H and O–H groups in total. The third kappa shape index (κ3) is 1.84. The summed E-state index contributed by atoms with van der Waals surface area (Å²) in [4.78, 5) is 36.2. The number of hydrogen-bond donors (Lipinski definition) is 1. The fourth-order valence-electron chi connectivity index (χ4n) is 1.63. The van der Waals surface area contributed by atoms with Crippen LogP contribution in [-0.2, 0) is 4.79 Å². The van der Waals surface area contributed by atoms with E-state index < -0.39 is 12.0 Å². The molecule has 6 heteroatoms. The number of nitrogens with zero attached hydrogens (tertiary/aromatic N) is 2. The summed E-state index contributed by atoms with van der Waals surface area (Å²) in [6.07, 6.45) is 0. The van der Waals surface area contributed by atoms with Crippen LogP contribution in [0.1, 0.15) is 10.4 Å². The summed E-state index contributed by atoms with van der Waals surface area (Å²) >= 11 is 0. The van der Waals surface area contributed by atoms with E-state index in [1.165, 1.54) is 36.2 Å². The molecule has 0 saturated carbocycles. The van der Waals surface area contributed by atoms with Crippen molar-refractivity contribution in [3.63, 3.8) is 0 Å². The van der Waals surface area contributed by atoms with Gasteiger partial charge in [-0.3, -0.25) is 4.79 Å². The summed E-state index contributed by atoms with van der Waals surface area (Å²) < 4.78 is 0. The predicted molar refractivity (Wildman–Crippen MR) is 58.9 cm³/mol. The van der Waals surface area contributed by atoms with Crippen molar-refractivity contribution in [1.82, 2.24) is 4.90 Å². The Hall–Kier alpha value is -2.37. The average Bonchev–Trinajstić information content (AvgIpc) is 2.53. The molecule has 17 heavy (non-hydrogen) atoms. The number of amides is 3. The summed E-state index contributed by atoms with van der Waals surface area (Å²) in [6, 6.07) is 5.20. The molecule has 1 aliphatic heterocycles. The molecule has 3 amide bonds. The Morgan fingerprint density at radius 1 is 1.24 bits per heavy atom. The maximum atomic E-state index is 11.6. The minimum atomic E-state index is -1.05. The molecule has 0 aliphatic carbocycles. The van der Waals surface area contributed by atoms with Crippen molar-refractivity contribution in [3.8, 4) is 0 Å². The van der Waals surface area contributed by atoms with Crippen LogP contribution < -0.4 is 4.90 Å². The Morgan fingerprint density at radius 3 is 2.24 bits per heavy atom. The Balaban J connectivity index is 2.32. The van der Waals surface area contributed by atoms with Gasteiger partial charge in [0.25, 0.3) is 5.91 Å². The second-order valence-corrected chi connectivity index (χ2v) is 3.72. The number of anilines is 1. The van der Waals surface area contributed by atoms with E-state index in [9.17, 15) is 14.4 Å². The number of carboxylic acids is 1. The first-order valence-electron chi connectivity index (χ1n) is 4.92. The summed E-state index contributed by atoms with van der Waals surface area (Å²) in [6.45, 7) is 0.0412. The maximum Gasteiger partial charge on any atom is 0.335 e. The van der Waals surface area contributed by atoms with Crippen molar-refractivity contribution in [3.05, 3.63) is 29.8 Å². The quantitative estimate of drug-likeness (QED) is 0.767. The van der Waals surface area contributed by atoms with Crippen molar-refractivity contribution in [2.45, 2.75) is 0 Å². The van der Waals surface area contributed by atoms with Gasteiger partial charge in [0, 0.05) is 7.05 Å². The number of benzene rings is 1. The van der Waals surface area contributed by atoms with Crippen LogP contribution in [0, 0.1) is 0 Å². The standard InChI is InChI=1S/C11H10N2O4/c1-12-6-9(14)13(11(12)17)8-4-2-7(3-5-8)10(15)16/h2-5H,6H2,1H3,(H,15,16). The van der Waals surface area contributed by atoms with Crippen LogP contribution in [0.2, 0.25) is 0 Å². The third-order valence-electron chi connectivity index (χ3n) is 2.51. The molecule has 1 saturated heterocycles. The average molecular weight is 234 g/mol. The van der Waals surface area contributed by atoms with E-state index in [-0.39, 0.29) is 18.0 Å². The van der Waals surface area contributed by atoms with Crippen molar-refractivity contribution in [2.24, 2.45) is 0 Å². The van der Waals surface area contributed by atoms with Gasteiger partial charge in [-0.25, -0.2) is 14.5 Å². The first kappa shape index (κ1) is 11.1. The first-order chi connectivity index (χ1) is 8.00. The number of carbonyl (C=O) groups is 3. The highest BCUT2D eigenvalue weighted by Crippen LogP contribution is 2.20. The molecule has 0 bridgehead atoms. The van der Waals surface area contributed by atoms with Crippen molar-refractivity contribution < 1.29 is 19.5 Å². The number of carboxylic acid groups (broad SMARTS) is 1. The van der Waals surface area contributed by atoms with Crippen LogP contribution >= 0.6 is 0 Å². The van der Waals surface area contributed by atoms with Gasteiger partial charge in [0.15, 0.2) is 0 Å². The zero-order valence-corrected chi connectivity index (χ0v) is 9.08. The molecule has 1 aliphatic rings. The SMILES string of the molecule is CN1CC(=O)N(c2ccc(C(=O)O)cc2)C1=O. The van der Waals surface area contributed by atoms with Gasteiger partial charge in [-0.05, 0) is 24.3 Å². The number of urea groups is 1. The van der Waals surface area contributed by atoms with Crippen LogP contribution in [0.3, 0.4) is 0 Å². The second kappa shape index (κ2) is 3.89. The third-order valence-corrected chi connectivity index (χ3v) is 2.51. The molecule has 0 spiro atoms. The molecular formula is C11H10N2O4. The van der Waals surface area contributed by atoms with Crippen LogP contribution in [0.4, 0.5) is 10.5 Å². The fourth-order valence-corrected chi connectivity index (χ4v) is 1.63.